The Morgan fingerprint density at radius 2 is 1.88 bits per heavy atom. The van der Waals surface area contributed by atoms with Gasteiger partial charge in [0.1, 0.15) is 5.69 Å². The lowest BCUT2D eigenvalue weighted by atomic mass is 10.2. The van der Waals surface area contributed by atoms with E-state index in [1.807, 2.05) is 24.3 Å². The fourth-order valence-corrected chi connectivity index (χ4v) is 2.28. The van der Waals surface area contributed by atoms with Gasteiger partial charge >= 0.3 is 5.97 Å². The van der Waals surface area contributed by atoms with Crippen LogP contribution in [-0.4, -0.2) is 35.7 Å². The Morgan fingerprint density at radius 3 is 2.54 bits per heavy atom. The summed E-state index contributed by atoms with van der Waals surface area (Å²) in [6, 6.07) is 11.2. The minimum Gasteiger partial charge on any atom is -0.478 e. The molecule has 4 rings (SSSR count). The van der Waals surface area contributed by atoms with Crippen molar-refractivity contribution >= 4 is 17.0 Å². The number of aryl methyl sites for hydroxylation is 1. The van der Waals surface area contributed by atoms with Crippen LogP contribution in [0.25, 0.3) is 22.6 Å². The second kappa shape index (κ2) is 7.39. The number of nitrogens with two attached hydrogens (primary N) is 1. The average molecular weight is 348 g/mol. The molecule has 4 aromatic heterocycles. The summed E-state index contributed by atoms with van der Waals surface area (Å²) in [5.74, 6) is 4.94. The molecule has 0 amide bonds. The molecule has 8 nitrogen and oxygen atoms in total. The van der Waals surface area contributed by atoms with Gasteiger partial charge in [0, 0.05) is 30.2 Å². The molecule has 0 fully saturated rings. The summed E-state index contributed by atoms with van der Waals surface area (Å²) >= 11 is 0. The van der Waals surface area contributed by atoms with Crippen molar-refractivity contribution in [3.8, 4) is 11.5 Å². The van der Waals surface area contributed by atoms with Gasteiger partial charge in [-0.1, -0.05) is 6.07 Å². The van der Waals surface area contributed by atoms with Gasteiger partial charge in [0.15, 0.2) is 11.5 Å². The summed E-state index contributed by atoms with van der Waals surface area (Å²) < 4.78 is 1.51. The number of nitrogen functional groups attached to an aromatic ring is 1. The lowest BCUT2D eigenvalue weighted by Gasteiger charge is -2.02. The molecular weight excluding hydrogens is 332 g/mol. The molecule has 0 aromatic carbocycles. The van der Waals surface area contributed by atoms with E-state index in [1.165, 1.54) is 10.9 Å². The van der Waals surface area contributed by atoms with Gasteiger partial charge in [0.05, 0.1) is 11.3 Å². The first-order valence-corrected chi connectivity index (χ1v) is 7.72. The van der Waals surface area contributed by atoms with Crippen LogP contribution in [0.15, 0.2) is 61.2 Å². The van der Waals surface area contributed by atoms with Crippen molar-refractivity contribution in [2.24, 2.45) is 0 Å². The van der Waals surface area contributed by atoms with Crippen molar-refractivity contribution in [1.29, 1.82) is 0 Å². The van der Waals surface area contributed by atoms with Gasteiger partial charge in [0.2, 0.25) is 0 Å². The molecule has 0 saturated carbocycles. The predicted molar refractivity (Wildman–Crippen MR) is 96.8 cm³/mol. The molecule has 0 saturated heterocycles. The number of hydrogen-bond donors (Lipinski definition) is 2. The molecule has 3 N–H and O–H groups in total. The molecular formula is C18H16N6O2. The molecule has 8 heteroatoms. The third-order valence-corrected chi connectivity index (χ3v) is 3.58. The summed E-state index contributed by atoms with van der Waals surface area (Å²) in [5.41, 5.74) is 1.99. The zero-order chi connectivity index (χ0) is 18.5. The van der Waals surface area contributed by atoms with Gasteiger partial charge < -0.3 is 10.9 Å². The number of carbonyl (C=O) groups is 1. The predicted octanol–water partition coefficient (Wildman–Crippen LogP) is 2.30. The van der Waals surface area contributed by atoms with Crippen molar-refractivity contribution in [2.75, 3.05) is 5.84 Å². The van der Waals surface area contributed by atoms with Crippen molar-refractivity contribution in [3.05, 3.63) is 72.4 Å². The Morgan fingerprint density at radius 1 is 1.08 bits per heavy atom. The number of pyridine rings is 2. The van der Waals surface area contributed by atoms with Crippen LogP contribution in [-0.2, 0) is 0 Å². The quantitative estimate of drug-likeness (QED) is 0.533. The molecule has 0 aliphatic heterocycles. The summed E-state index contributed by atoms with van der Waals surface area (Å²) in [6.45, 7) is 1.64. The number of rotatable bonds is 2. The molecule has 4 heterocycles. The topological polar surface area (TPSA) is 120 Å². The van der Waals surface area contributed by atoms with Crippen LogP contribution in [0.5, 0.6) is 0 Å². The normalized spacial score (nSPS) is 10.2. The Kier molecular flexibility index (Phi) is 4.84. The van der Waals surface area contributed by atoms with Gasteiger partial charge in [-0.2, -0.15) is 0 Å². The standard InChI is InChI=1S/C11H9N3O2.C7H7N3/c1-7-8(11(15)16)6-13-10(14-7)9-4-2-3-5-12-9;8-10-5-3-6-2-1-4-9-7(6)10/h2-6H,1H3,(H,15,16);1-5H,8H2. The zero-order valence-corrected chi connectivity index (χ0v) is 13.9. The summed E-state index contributed by atoms with van der Waals surface area (Å²) in [4.78, 5) is 27.0. The Bertz CT molecular complexity index is 1050. The minimum atomic E-state index is -1.02. The highest BCUT2D eigenvalue weighted by Crippen LogP contribution is 2.13. The molecule has 0 atom stereocenters. The number of aromatic nitrogens is 5. The molecule has 4 aromatic rings. The van der Waals surface area contributed by atoms with Crippen LogP contribution >= 0.6 is 0 Å². The molecule has 0 unspecified atom stereocenters. The molecule has 130 valence electrons. The maximum atomic E-state index is 10.8. The van der Waals surface area contributed by atoms with E-state index < -0.39 is 5.97 Å². The number of carboxylic acid groups (broad SMARTS) is 1. The number of aromatic carboxylic acids is 1. The Balaban J connectivity index is 0.000000167. The average Bonchev–Trinajstić information content (AvgIpc) is 3.04. The highest BCUT2D eigenvalue weighted by Gasteiger charge is 2.11. The number of nitrogens with zero attached hydrogens (tertiary/aromatic N) is 5. The van der Waals surface area contributed by atoms with Crippen LogP contribution in [0.4, 0.5) is 0 Å². The first kappa shape index (κ1) is 17.0. The molecule has 0 aliphatic rings. The minimum absolute atomic E-state index is 0.111. The number of hydrogen-bond acceptors (Lipinski definition) is 6. The molecule has 0 aliphatic carbocycles. The smallest absolute Gasteiger partial charge is 0.339 e. The van der Waals surface area contributed by atoms with E-state index >= 15 is 0 Å². The summed E-state index contributed by atoms with van der Waals surface area (Å²) in [7, 11) is 0. The van der Waals surface area contributed by atoms with E-state index in [2.05, 4.69) is 19.9 Å². The SMILES string of the molecule is Cc1nc(-c2ccccn2)ncc1C(=O)O.Nn1ccc2cccnc21. The van der Waals surface area contributed by atoms with Gasteiger partial charge in [-0.3, -0.25) is 9.66 Å². The van der Waals surface area contributed by atoms with Crippen LogP contribution in [0.1, 0.15) is 16.1 Å². The van der Waals surface area contributed by atoms with Crippen LogP contribution in [0.2, 0.25) is 0 Å². The Labute approximate surface area is 149 Å². The van der Waals surface area contributed by atoms with Gasteiger partial charge in [-0.15, -0.1) is 0 Å². The molecule has 0 radical (unpaired) electrons. The van der Waals surface area contributed by atoms with Crippen molar-refractivity contribution in [3.63, 3.8) is 0 Å². The van der Waals surface area contributed by atoms with E-state index in [-0.39, 0.29) is 5.56 Å². The van der Waals surface area contributed by atoms with E-state index in [1.54, 1.807) is 37.6 Å². The Hall–Kier alpha value is -3.81. The van der Waals surface area contributed by atoms with E-state index in [0.29, 0.717) is 17.2 Å². The van der Waals surface area contributed by atoms with Gasteiger partial charge in [-0.05, 0) is 37.3 Å². The third kappa shape index (κ3) is 3.64. The molecule has 0 bridgehead atoms. The fourth-order valence-electron chi connectivity index (χ4n) is 2.28. The highest BCUT2D eigenvalue weighted by molar-refractivity contribution is 5.88. The van der Waals surface area contributed by atoms with Crippen LogP contribution in [0.3, 0.4) is 0 Å². The maximum absolute atomic E-state index is 10.8. The number of carboxylic acids is 1. The van der Waals surface area contributed by atoms with Crippen LogP contribution < -0.4 is 5.84 Å². The lowest BCUT2D eigenvalue weighted by Crippen LogP contribution is -2.05. The molecule has 26 heavy (non-hydrogen) atoms. The summed E-state index contributed by atoms with van der Waals surface area (Å²) in [6.07, 6.45) is 6.46. The first-order valence-electron chi connectivity index (χ1n) is 7.72. The molecule has 0 spiro atoms. The van der Waals surface area contributed by atoms with E-state index in [9.17, 15) is 4.79 Å². The summed E-state index contributed by atoms with van der Waals surface area (Å²) in [5, 5.41) is 9.91. The van der Waals surface area contributed by atoms with Crippen LogP contribution in [0, 0.1) is 6.92 Å². The van der Waals surface area contributed by atoms with Crippen molar-refractivity contribution in [1.82, 2.24) is 24.6 Å². The van der Waals surface area contributed by atoms with E-state index in [0.717, 1.165) is 11.0 Å². The number of fused-ring (bicyclic) bond motifs is 1. The fraction of sp³-hybridized carbons (Fsp3) is 0.0556. The van der Waals surface area contributed by atoms with Crippen molar-refractivity contribution < 1.29 is 9.90 Å². The van der Waals surface area contributed by atoms with Crippen molar-refractivity contribution in [2.45, 2.75) is 6.92 Å². The highest BCUT2D eigenvalue weighted by atomic mass is 16.4. The third-order valence-electron chi connectivity index (χ3n) is 3.58. The van der Waals surface area contributed by atoms with Gasteiger partial charge in [0.25, 0.3) is 0 Å². The largest absolute Gasteiger partial charge is 0.478 e. The first-order chi connectivity index (χ1) is 12.6. The lowest BCUT2D eigenvalue weighted by molar-refractivity contribution is 0.0695. The maximum Gasteiger partial charge on any atom is 0.339 e. The van der Waals surface area contributed by atoms with Gasteiger partial charge in [-0.25, -0.2) is 19.7 Å². The second-order valence-corrected chi connectivity index (χ2v) is 5.35. The second-order valence-electron chi connectivity index (χ2n) is 5.35. The zero-order valence-electron chi connectivity index (χ0n) is 13.9. The monoisotopic (exact) mass is 348 g/mol. The van der Waals surface area contributed by atoms with E-state index in [4.69, 9.17) is 10.9 Å².